The molecular weight excluding hydrogens is 478 g/mol. The summed E-state index contributed by atoms with van der Waals surface area (Å²) in [5.74, 6) is 0.436. The number of carbonyl (C=O) groups excluding carboxylic acids is 1. The summed E-state index contributed by atoms with van der Waals surface area (Å²) in [7, 11) is -1.96. The van der Waals surface area contributed by atoms with Crippen molar-refractivity contribution in [3.05, 3.63) is 0 Å². The van der Waals surface area contributed by atoms with E-state index in [2.05, 4.69) is 48.5 Å². The quantitative estimate of drug-likeness (QED) is 0.252. The molecule has 4 atom stereocenters. The van der Waals surface area contributed by atoms with Gasteiger partial charge in [0.2, 0.25) is 8.32 Å². The van der Waals surface area contributed by atoms with Crippen LogP contribution < -0.4 is 0 Å². The zero-order valence-corrected chi connectivity index (χ0v) is 27.1. The van der Waals surface area contributed by atoms with E-state index in [1.165, 1.54) is 19.3 Å². The van der Waals surface area contributed by atoms with Crippen molar-refractivity contribution in [3.8, 4) is 0 Å². The number of hydrogen-bond donors (Lipinski definition) is 1. The summed E-state index contributed by atoms with van der Waals surface area (Å²) < 4.78 is 13.3. The first-order chi connectivity index (χ1) is 17.2. The summed E-state index contributed by atoms with van der Waals surface area (Å²) in [6, 6.07) is -0.134. The average molecular weight is 540 g/mol. The van der Waals surface area contributed by atoms with Crippen molar-refractivity contribution in [1.29, 1.82) is 0 Å². The monoisotopic (exact) mass is 539 g/mol. The first kappa shape index (κ1) is 32.6. The van der Waals surface area contributed by atoms with Crippen molar-refractivity contribution in [2.75, 3.05) is 6.61 Å². The predicted octanol–water partition coefficient (Wildman–Crippen LogP) is 8.84. The molecule has 1 aliphatic heterocycles. The van der Waals surface area contributed by atoms with Crippen LogP contribution in [0.3, 0.4) is 0 Å². The van der Waals surface area contributed by atoms with Gasteiger partial charge in [-0.05, 0) is 88.3 Å². The van der Waals surface area contributed by atoms with Crippen LogP contribution in [0, 0.1) is 5.92 Å². The van der Waals surface area contributed by atoms with Gasteiger partial charge in [-0.3, -0.25) is 4.90 Å². The minimum absolute atomic E-state index is 0.0151. The second kappa shape index (κ2) is 13.7. The molecule has 1 saturated carbocycles. The summed E-state index contributed by atoms with van der Waals surface area (Å²) in [5, 5.41) is 10.2. The summed E-state index contributed by atoms with van der Waals surface area (Å²) in [5.41, 5.74) is 1.02. The largest absolute Gasteiger partial charge is 0.444 e. The van der Waals surface area contributed by atoms with Gasteiger partial charge in [0, 0.05) is 11.6 Å². The molecule has 1 amide bonds. The van der Waals surface area contributed by atoms with Gasteiger partial charge in [-0.2, -0.15) is 0 Å². The molecule has 6 heteroatoms. The van der Waals surface area contributed by atoms with E-state index in [4.69, 9.17) is 9.16 Å². The van der Waals surface area contributed by atoms with Crippen molar-refractivity contribution in [2.24, 2.45) is 5.92 Å². The number of aliphatic hydroxyl groups excluding tert-OH is 1. The van der Waals surface area contributed by atoms with E-state index in [0.29, 0.717) is 28.6 Å². The van der Waals surface area contributed by atoms with E-state index in [-0.39, 0.29) is 24.3 Å². The molecule has 218 valence electrons. The molecule has 0 bridgehead atoms. The van der Waals surface area contributed by atoms with Crippen LogP contribution in [0.25, 0.3) is 0 Å². The molecule has 0 aromatic rings. The van der Waals surface area contributed by atoms with Crippen LogP contribution in [0.2, 0.25) is 16.6 Å². The molecule has 1 spiro atoms. The second-order valence-corrected chi connectivity index (χ2v) is 19.5. The molecule has 2 rings (SSSR count). The number of ether oxygens (including phenoxy) is 1. The summed E-state index contributed by atoms with van der Waals surface area (Å²) >= 11 is 0. The van der Waals surface area contributed by atoms with Crippen LogP contribution in [0.15, 0.2) is 0 Å². The molecule has 1 unspecified atom stereocenters. The lowest BCUT2D eigenvalue weighted by Crippen LogP contribution is -2.58. The Morgan fingerprint density at radius 2 is 1.62 bits per heavy atom. The Balaban J connectivity index is 2.31. The Morgan fingerprint density at radius 3 is 2.14 bits per heavy atom. The fourth-order valence-electron chi connectivity index (χ4n) is 7.98. The number of amides is 1. The highest BCUT2D eigenvalue weighted by Crippen LogP contribution is 2.51. The zero-order chi connectivity index (χ0) is 28.0. The lowest BCUT2D eigenvalue weighted by Gasteiger charge is -2.49. The Bertz CT molecular complexity index is 682. The Hall–Kier alpha value is -0.593. The molecular formula is C31H61NO4Si. The lowest BCUT2D eigenvalue weighted by atomic mass is 9.69. The maximum atomic E-state index is 13.5. The molecule has 5 nitrogen and oxygen atoms in total. The minimum atomic E-state index is -1.96. The van der Waals surface area contributed by atoms with E-state index in [1.807, 2.05) is 25.7 Å². The summed E-state index contributed by atoms with van der Waals surface area (Å²) in [6.45, 7) is 22.4. The molecule has 1 aliphatic carbocycles. The Kier molecular flexibility index (Phi) is 12.0. The highest BCUT2D eigenvalue weighted by Gasteiger charge is 2.55. The standard InChI is InChI=1S/C31H61NO4Si/c1-11-12-16-28(36-37(23(2)3,24(4)5)25(6)7)18-17-26-15-13-14-20-31(26)21-19-27(22-33)32(31)29(34)35-30(8,9)10/h23-28,33H,11-22H2,1-10H3/t26-,27?,28-,31-/m0/s1. The van der Waals surface area contributed by atoms with Gasteiger partial charge in [0.15, 0.2) is 0 Å². The van der Waals surface area contributed by atoms with Gasteiger partial charge in [0.05, 0.1) is 12.6 Å². The van der Waals surface area contributed by atoms with Gasteiger partial charge in [0.1, 0.15) is 5.60 Å². The van der Waals surface area contributed by atoms with Crippen LogP contribution in [0.1, 0.15) is 140 Å². The fraction of sp³-hybridized carbons (Fsp3) is 0.968. The van der Waals surface area contributed by atoms with Crippen molar-refractivity contribution < 1.29 is 19.1 Å². The molecule has 37 heavy (non-hydrogen) atoms. The van der Waals surface area contributed by atoms with Crippen molar-refractivity contribution in [3.63, 3.8) is 0 Å². The molecule has 1 N–H and O–H groups in total. The summed E-state index contributed by atoms with van der Waals surface area (Å²) in [6.07, 6.45) is 12.1. The summed E-state index contributed by atoms with van der Waals surface area (Å²) in [4.78, 5) is 15.5. The van der Waals surface area contributed by atoms with Gasteiger partial charge >= 0.3 is 6.09 Å². The van der Waals surface area contributed by atoms with Gasteiger partial charge < -0.3 is 14.3 Å². The normalized spacial score (nSPS) is 26.1. The number of unbranched alkanes of at least 4 members (excludes halogenated alkanes) is 1. The zero-order valence-electron chi connectivity index (χ0n) is 26.1. The molecule has 1 saturated heterocycles. The highest BCUT2D eigenvalue weighted by atomic mass is 28.4. The number of carbonyl (C=O) groups is 1. The van der Waals surface area contributed by atoms with Gasteiger partial charge in [-0.15, -0.1) is 0 Å². The van der Waals surface area contributed by atoms with Crippen molar-refractivity contribution >= 4 is 14.4 Å². The maximum Gasteiger partial charge on any atom is 0.411 e. The van der Waals surface area contributed by atoms with E-state index in [0.717, 1.165) is 51.4 Å². The number of hydrogen-bond acceptors (Lipinski definition) is 4. The molecule has 0 aromatic carbocycles. The van der Waals surface area contributed by atoms with Gasteiger partial charge in [-0.25, -0.2) is 4.79 Å². The number of rotatable bonds is 12. The van der Waals surface area contributed by atoms with E-state index < -0.39 is 13.9 Å². The number of aliphatic hydroxyl groups is 1. The third kappa shape index (κ3) is 7.54. The van der Waals surface area contributed by atoms with Crippen LogP contribution in [-0.2, 0) is 9.16 Å². The average Bonchev–Trinajstić information content (AvgIpc) is 3.16. The fourth-order valence-corrected chi connectivity index (χ4v) is 13.6. The number of nitrogens with zero attached hydrogens (tertiary/aromatic N) is 1. The van der Waals surface area contributed by atoms with E-state index in [1.54, 1.807) is 0 Å². The Morgan fingerprint density at radius 1 is 1.00 bits per heavy atom. The predicted molar refractivity (Wildman–Crippen MR) is 158 cm³/mol. The first-order valence-electron chi connectivity index (χ1n) is 15.6. The van der Waals surface area contributed by atoms with Crippen LogP contribution >= 0.6 is 0 Å². The van der Waals surface area contributed by atoms with Crippen molar-refractivity contribution in [2.45, 2.75) is 180 Å². The van der Waals surface area contributed by atoms with Crippen LogP contribution in [-0.4, -0.2) is 54.3 Å². The molecule has 2 aliphatic rings. The lowest BCUT2D eigenvalue weighted by molar-refractivity contribution is -0.0373. The minimum Gasteiger partial charge on any atom is -0.444 e. The van der Waals surface area contributed by atoms with Crippen LogP contribution in [0.5, 0.6) is 0 Å². The van der Waals surface area contributed by atoms with Crippen LogP contribution in [0.4, 0.5) is 4.79 Å². The maximum absolute atomic E-state index is 13.5. The van der Waals surface area contributed by atoms with E-state index >= 15 is 0 Å². The van der Waals surface area contributed by atoms with Crippen molar-refractivity contribution in [1.82, 2.24) is 4.90 Å². The number of likely N-dealkylation sites (tertiary alicyclic amines) is 1. The SMILES string of the molecule is CCCC[C@@H](CC[C@@H]1CCCC[C@]12CCC(CO)N2C(=O)OC(C)(C)C)O[Si](C(C)C)(C(C)C)C(C)C. The molecule has 0 aromatic heterocycles. The third-order valence-corrected chi connectivity index (χ3v) is 15.7. The molecule has 0 radical (unpaired) electrons. The molecule has 2 fully saturated rings. The first-order valence-corrected chi connectivity index (χ1v) is 17.7. The topological polar surface area (TPSA) is 59.0 Å². The smallest absolute Gasteiger partial charge is 0.411 e. The Labute approximate surface area is 230 Å². The highest BCUT2D eigenvalue weighted by molar-refractivity contribution is 6.77. The third-order valence-electron chi connectivity index (χ3n) is 9.52. The second-order valence-electron chi connectivity index (χ2n) is 14.0. The van der Waals surface area contributed by atoms with Gasteiger partial charge in [0.25, 0.3) is 0 Å². The van der Waals surface area contributed by atoms with Gasteiger partial charge in [-0.1, -0.05) is 74.1 Å². The molecule has 1 heterocycles. The van der Waals surface area contributed by atoms with E-state index in [9.17, 15) is 9.90 Å².